The van der Waals surface area contributed by atoms with E-state index in [0.29, 0.717) is 25.3 Å². The lowest BCUT2D eigenvalue weighted by Gasteiger charge is -2.23. The maximum Gasteiger partial charge on any atom is 0.257 e. The number of ether oxygens (including phenoxy) is 2. The predicted octanol–water partition coefficient (Wildman–Crippen LogP) is 0.574. The summed E-state index contributed by atoms with van der Waals surface area (Å²) in [6.45, 7) is 2.65. The molecule has 0 radical (unpaired) electrons. The Morgan fingerprint density at radius 1 is 1.35 bits per heavy atom. The topological polar surface area (TPSA) is 89.7 Å². The second-order valence-corrected chi connectivity index (χ2v) is 4.91. The van der Waals surface area contributed by atoms with Crippen LogP contribution in [0.1, 0.15) is 16.8 Å². The molecule has 0 fully saturated rings. The van der Waals surface area contributed by atoms with Gasteiger partial charge in [-0.2, -0.15) is 4.37 Å². The molecule has 1 amide bonds. The Morgan fingerprint density at radius 3 is 2.65 bits per heavy atom. The van der Waals surface area contributed by atoms with E-state index in [2.05, 4.69) is 14.6 Å². The monoisotopic (exact) mass is 302 g/mol. The van der Waals surface area contributed by atoms with Gasteiger partial charge in [-0.25, -0.2) is 0 Å². The van der Waals surface area contributed by atoms with Crippen molar-refractivity contribution in [1.29, 1.82) is 0 Å². The third kappa shape index (κ3) is 4.32. The number of nitrogen functional groups attached to an aromatic ring is 1. The summed E-state index contributed by atoms with van der Waals surface area (Å²) < 4.78 is 14.3. The van der Waals surface area contributed by atoms with Crippen molar-refractivity contribution in [3.05, 3.63) is 5.56 Å². The summed E-state index contributed by atoms with van der Waals surface area (Å²) in [5.74, 6) is 0.0407. The van der Waals surface area contributed by atoms with E-state index >= 15 is 0 Å². The molecule has 114 valence electrons. The number of anilines is 2. The molecule has 0 unspecified atom stereocenters. The number of nitrogens with two attached hydrogens (primary N) is 1. The summed E-state index contributed by atoms with van der Waals surface area (Å²) in [4.78, 5) is 14.0. The van der Waals surface area contributed by atoms with E-state index < -0.39 is 0 Å². The largest absolute Gasteiger partial charge is 0.385 e. The quantitative estimate of drug-likeness (QED) is 0.648. The Bertz CT molecular complexity index is 425. The van der Waals surface area contributed by atoms with Gasteiger partial charge in [0.15, 0.2) is 5.82 Å². The van der Waals surface area contributed by atoms with Crippen LogP contribution in [-0.4, -0.2) is 57.9 Å². The van der Waals surface area contributed by atoms with Gasteiger partial charge in [0.25, 0.3) is 5.91 Å². The summed E-state index contributed by atoms with van der Waals surface area (Å²) in [5.41, 5.74) is 6.23. The molecule has 0 atom stereocenters. The highest BCUT2D eigenvalue weighted by molar-refractivity contribution is 7.11. The van der Waals surface area contributed by atoms with Gasteiger partial charge in [0, 0.05) is 41.0 Å². The van der Waals surface area contributed by atoms with Crippen LogP contribution in [0.2, 0.25) is 0 Å². The first-order chi connectivity index (χ1) is 9.65. The van der Waals surface area contributed by atoms with Crippen LogP contribution >= 0.6 is 11.5 Å². The molecule has 20 heavy (non-hydrogen) atoms. The predicted molar refractivity (Wildman–Crippen MR) is 80.5 cm³/mol. The van der Waals surface area contributed by atoms with Gasteiger partial charge in [0.05, 0.1) is 6.61 Å². The van der Waals surface area contributed by atoms with Crippen molar-refractivity contribution in [2.45, 2.75) is 6.42 Å². The lowest BCUT2D eigenvalue weighted by molar-refractivity contribution is 0.0964. The molecule has 0 saturated carbocycles. The van der Waals surface area contributed by atoms with Gasteiger partial charge >= 0.3 is 0 Å². The lowest BCUT2D eigenvalue weighted by Crippen LogP contribution is -2.31. The van der Waals surface area contributed by atoms with Crippen molar-refractivity contribution in [2.75, 3.05) is 58.2 Å². The summed E-state index contributed by atoms with van der Waals surface area (Å²) in [6.07, 6.45) is 0.852. The van der Waals surface area contributed by atoms with E-state index in [1.165, 1.54) is 11.5 Å². The van der Waals surface area contributed by atoms with E-state index in [1.807, 2.05) is 0 Å². The second kappa shape index (κ2) is 8.72. The minimum atomic E-state index is -0.222. The van der Waals surface area contributed by atoms with E-state index in [0.717, 1.165) is 18.0 Å². The number of carbonyl (C=O) groups excluding carboxylic acids is 1. The summed E-state index contributed by atoms with van der Waals surface area (Å²) >= 11 is 1.23. The highest BCUT2D eigenvalue weighted by atomic mass is 32.1. The maximum absolute atomic E-state index is 11.9. The van der Waals surface area contributed by atoms with Gasteiger partial charge in [0.2, 0.25) is 0 Å². The number of methoxy groups -OCH3 is 2. The number of hydrogen-bond donors (Lipinski definition) is 2. The third-order valence-electron chi connectivity index (χ3n) is 2.78. The second-order valence-electron chi connectivity index (χ2n) is 4.15. The van der Waals surface area contributed by atoms with Crippen LogP contribution in [0.5, 0.6) is 0 Å². The average Bonchev–Trinajstić information content (AvgIpc) is 2.83. The number of rotatable bonds is 9. The van der Waals surface area contributed by atoms with Crippen molar-refractivity contribution in [3.8, 4) is 0 Å². The SMILES string of the molecule is CNC(=O)c1c(N)nsc1N(CCCOC)CCOC. The zero-order valence-corrected chi connectivity index (χ0v) is 13.0. The van der Waals surface area contributed by atoms with Gasteiger partial charge in [-0.3, -0.25) is 4.79 Å². The van der Waals surface area contributed by atoms with Crippen molar-refractivity contribution < 1.29 is 14.3 Å². The summed E-state index contributed by atoms with van der Waals surface area (Å²) in [7, 11) is 4.89. The first-order valence-corrected chi connectivity index (χ1v) is 7.13. The van der Waals surface area contributed by atoms with E-state index in [4.69, 9.17) is 15.2 Å². The number of carbonyl (C=O) groups is 1. The molecule has 8 heteroatoms. The number of hydrogen-bond acceptors (Lipinski definition) is 7. The van der Waals surface area contributed by atoms with Crippen LogP contribution in [0.4, 0.5) is 10.8 Å². The minimum Gasteiger partial charge on any atom is -0.385 e. The lowest BCUT2D eigenvalue weighted by atomic mass is 10.2. The fourth-order valence-electron chi connectivity index (χ4n) is 1.76. The third-order valence-corrected chi connectivity index (χ3v) is 3.71. The summed E-state index contributed by atoms with van der Waals surface area (Å²) in [6, 6.07) is 0. The fourth-order valence-corrected chi connectivity index (χ4v) is 2.63. The van der Waals surface area contributed by atoms with Crippen LogP contribution < -0.4 is 16.0 Å². The van der Waals surface area contributed by atoms with E-state index in [9.17, 15) is 4.79 Å². The molecule has 1 rings (SSSR count). The Kier molecular flexibility index (Phi) is 7.27. The molecule has 0 bridgehead atoms. The minimum absolute atomic E-state index is 0.222. The summed E-state index contributed by atoms with van der Waals surface area (Å²) in [5, 5.41) is 3.37. The first kappa shape index (κ1) is 16.7. The standard InChI is InChI=1S/C12H22N4O3S/c1-14-11(17)9-10(13)15-20-12(9)16(6-8-19-3)5-4-7-18-2/h4-8H2,1-3H3,(H2,13,15)(H,14,17). The molecule has 1 aromatic rings. The van der Waals surface area contributed by atoms with Gasteiger partial charge in [-0.15, -0.1) is 0 Å². The number of nitrogens with one attached hydrogen (secondary N) is 1. The Balaban J connectivity index is 2.91. The first-order valence-electron chi connectivity index (χ1n) is 6.35. The Morgan fingerprint density at radius 2 is 2.05 bits per heavy atom. The fraction of sp³-hybridized carbons (Fsp3) is 0.667. The molecule has 0 aliphatic carbocycles. The zero-order chi connectivity index (χ0) is 15.0. The Hall–Kier alpha value is -1.38. The molecule has 1 heterocycles. The van der Waals surface area contributed by atoms with Crippen LogP contribution in [0, 0.1) is 0 Å². The van der Waals surface area contributed by atoms with Gasteiger partial charge in [-0.1, -0.05) is 0 Å². The van der Waals surface area contributed by atoms with Crippen molar-refractivity contribution in [1.82, 2.24) is 9.69 Å². The van der Waals surface area contributed by atoms with Crippen LogP contribution in [-0.2, 0) is 9.47 Å². The molecule has 0 aliphatic heterocycles. The van der Waals surface area contributed by atoms with Crippen molar-refractivity contribution >= 4 is 28.3 Å². The van der Waals surface area contributed by atoms with Gasteiger partial charge in [0.1, 0.15) is 10.6 Å². The maximum atomic E-state index is 11.9. The highest BCUT2D eigenvalue weighted by Crippen LogP contribution is 2.30. The van der Waals surface area contributed by atoms with E-state index in [-0.39, 0.29) is 11.7 Å². The zero-order valence-electron chi connectivity index (χ0n) is 12.1. The van der Waals surface area contributed by atoms with Crippen LogP contribution in [0.25, 0.3) is 0 Å². The van der Waals surface area contributed by atoms with Crippen LogP contribution in [0.15, 0.2) is 0 Å². The molecule has 3 N–H and O–H groups in total. The number of amides is 1. The molecule has 0 aliphatic rings. The van der Waals surface area contributed by atoms with E-state index in [1.54, 1.807) is 21.3 Å². The molecule has 7 nitrogen and oxygen atoms in total. The molecule has 0 saturated heterocycles. The molecule has 1 aromatic heterocycles. The molecular formula is C12H22N4O3S. The number of nitrogens with zero attached hydrogens (tertiary/aromatic N) is 2. The smallest absolute Gasteiger partial charge is 0.257 e. The normalized spacial score (nSPS) is 10.6. The molecular weight excluding hydrogens is 280 g/mol. The molecule has 0 aromatic carbocycles. The Labute approximate surface area is 123 Å². The van der Waals surface area contributed by atoms with Gasteiger partial charge < -0.3 is 25.4 Å². The van der Waals surface area contributed by atoms with Crippen molar-refractivity contribution in [2.24, 2.45) is 0 Å². The molecule has 0 spiro atoms. The highest BCUT2D eigenvalue weighted by Gasteiger charge is 2.22. The average molecular weight is 302 g/mol. The van der Waals surface area contributed by atoms with Crippen molar-refractivity contribution in [3.63, 3.8) is 0 Å². The van der Waals surface area contributed by atoms with Gasteiger partial charge in [-0.05, 0) is 18.0 Å². The number of aromatic nitrogens is 1. The van der Waals surface area contributed by atoms with Crippen LogP contribution in [0.3, 0.4) is 0 Å².